The van der Waals surface area contributed by atoms with E-state index in [1.807, 2.05) is 0 Å². The van der Waals surface area contributed by atoms with Crippen molar-refractivity contribution >= 4 is 58.7 Å². The third kappa shape index (κ3) is 5.06. The number of halogens is 2. The van der Waals surface area contributed by atoms with Crippen molar-refractivity contribution in [2.45, 2.75) is 0 Å². The summed E-state index contributed by atoms with van der Waals surface area (Å²) in [5, 5.41) is 16.6. The van der Waals surface area contributed by atoms with Gasteiger partial charge < -0.3 is 14.7 Å². The summed E-state index contributed by atoms with van der Waals surface area (Å²) in [7, 11) is -2.08. The molecule has 0 radical (unpaired) electrons. The predicted molar refractivity (Wildman–Crippen MR) is 44.3 cm³/mol. The topological polar surface area (TPSA) is 49.7 Å². The standard InChI is InChI=1S/C6H5BF2O3.K.H/c8-4-1-5(9)3-6(2-4)12-7(10)11;;/h1-3,10-11H;;. The molecule has 0 aromatic heterocycles. The molecule has 0 atom stereocenters. The first-order valence-corrected chi connectivity index (χ1v) is 3.07. The summed E-state index contributed by atoms with van der Waals surface area (Å²) in [6, 6.07) is 2.32. The number of rotatable bonds is 2. The Hall–Kier alpha value is 0.501. The second-order valence-electron chi connectivity index (χ2n) is 2.05. The molecule has 0 heterocycles. The van der Waals surface area contributed by atoms with Crippen LogP contribution in [0, 0.1) is 11.6 Å². The summed E-state index contributed by atoms with van der Waals surface area (Å²) in [4.78, 5) is 0. The van der Waals surface area contributed by atoms with Gasteiger partial charge in [-0.05, 0) is 0 Å². The van der Waals surface area contributed by atoms with E-state index in [0.29, 0.717) is 6.07 Å². The summed E-state index contributed by atoms with van der Waals surface area (Å²) in [5.74, 6) is -1.96. The first-order chi connectivity index (χ1) is 5.58. The van der Waals surface area contributed by atoms with Gasteiger partial charge in [0.25, 0.3) is 0 Å². The Morgan fingerprint density at radius 1 is 1.08 bits per heavy atom. The van der Waals surface area contributed by atoms with Crippen molar-refractivity contribution in [2.75, 3.05) is 0 Å². The van der Waals surface area contributed by atoms with Crippen LogP contribution < -0.4 is 4.65 Å². The average molecular weight is 214 g/mol. The Labute approximate surface area is 116 Å². The van der Waals surface area contributed by atoms with E-state index in [1.165, 1.54) is 0 Å². The summed E-state index contributed by atoms with van der Waals surface area (Å²) >= 11 is 0. The molecule has 0 aliphatic carbocycles. The van der Waals surface area contributed by atoms with Gasteiger partial charge in [-0.2, -0.15) is 0 Å². The third-order valence-electron chi connectivity index (χ3n) is 1.08. The van der Waals surface area contributed by atoms with Crippen molar-refractivity contribution in [3.05, 3.63) is 29.8 Å². The maximum absolute atomic E-state index is 12.4. The van der Waals surface area contributed by atoms with Crippen LogP contribution in [0.3, 0.4) is 0 Å². The van der Waals surface area contributed by atoms with Crippen LogP contribution in [0.4, 0.5) is 8.78 Å². The first-order valence-electron chi connectivity index (χ1n) is 3.07. The SMILES string of the molecule is OB(O)Oc1cc(F)cc(F)c1.[KH]. The van der Waals surface area contributed by atoms with E-state index in [0.717, 1.165) is 12.1 Å². The molecule has 0 fully saturated rings. The molecule has 66 valence electrons. The van der Waals surface area contributed by atoms with Gasteiger partial charge in [-0.25, -0.2) is 8.78 Å². The molecule has 3 nitrogen and oxygen atoms in total. The van der Waals surface area contributed by atoms with E-state index in [2.05, 4.69) is 4.65 Å². The monoisotopic (exact) mass is 214 g/mol. The van der Waals surface area contributed by atoms with E-state index in [-0.39, 0.29) is 57.1 Å². The zero-order chi connectivity index (χ0) is 9.14. The Bertz CT molecular complexity index is 264. The molecule has 0 spiro atoms. The normalized spacial score (nSPS) is 8.92. The van der Waals surface area contributed by atoms with Gasteiger partial charge >= 0.3 is 58.7 Å². The van der Waals surface area contributed by atoms with Crippen molar-refractivity contribution in [3.63, 3.8) is 0 Å². The molecular formula is C6H6BF2KO3. The van der Waals surface area contributed by atoms with Crippen molar-refractivity contribution < 1.29 is 23.5 Å². The van der Waals surface area contributed by atoms with Crippen molar-refractivity contribution in [3.8, 4) is 5.75 Å². The second kappa shape index (κ2) is 6.07. The van der Waals surface area contributed by atoms with Crippen LogP contribution in [0.15, 0.2) is 18.2 Å². The number of benzene rings is 1. The molecule has 0 amide bonds. The van der Waals surface area contributed by atoms with Gasteiger partial charge in [-0.1, -0.05) is 0 Å². The van der Waals surface area contributed by atoms with Crippen LogP contribution in [-0.4, -0.2) is 68.8 Å². The van der Waals surface area contributed by atoms with E-state index in [1.54, 1.807) is 0 Å². The van der Waals surface area contributed by atoms with Crippen LogP contribution in [0.2, 0.25) is 0 Å². The molecule has 13 heavy (non-hydrogen) atoms. The summed E-state index contributed by atoms with van der Waals surface area (Å²) < 4.78 is 29.0. The molecule has 1 aromatic carbocycles. The fourth-order valence-corrected chi connectivity index (χ4v) is 0.718. The fraction of sp³-hybridized carbons (Fsp3) is 0. The minimum atomic E-state index is -2.08. The van der Waals surface area contributed by atoms with Crippen LogP contribution in [0.5, 0.6) is 5.75 Å². The average Bonchev–Trinajstić information content (AvgIpc) is 1.81. The van der Waals surface area contributed by atoms with Crippen LogP contribution in [-0.2, 0) is 0 Å². The van der Waals surface area contributed by atoms with E-state index >= 15 is 0 Å². The van der Waals surface area contributed by atoms with Crippen molar-refractivity contribution in [1.82, 2.24) is 0 Å². The summed E-state index contributed by atoms with van der Waals surface area (Å²) in [5.41, 5.74) is 0. The van der Waals surface area contributed by atoms with Gasteiger partial charge in [0.05, 0.1) is 0 Å². The van der Waals surface area contributed by atoms with E-state index in [9.17, 15) is 8.78 Å². The Kier molecular flexibility index (Phi) is 6.31. The molecular weight excluding hydrogens is 208 g/mol. The molecule has 2 N–H and O–H groups in total. The Balaban J connectivity index is 0.00000144. The van der Waals surface area contributed by atoms with Crippen LogP contribution in [0.25, 0.3) is 0 Å². The van der Waals surface area contributed by atoms with E-state index < -0.39 is 19.0 Å². The number of hydrogen-bond donors (Lipinski definition) is 2. The van der Waals surface area contributed by atoms with Gasteiger partial charge in [0.15, 0.2) is 0 Å². The molecule has 1 rings (SSSR count). The van der Waals surface area contributed by atoms with Crippen molar-refractivity contribution in [2.24, 2.45) is 0 Å². The van der Waals surface area contributed by atoms with Gasteiger partial charge in [-0.3, -0.25) is 0 Å². The second-order valence-corrected chi connectivity index (χ2v) is 2.05. The molecule has 0 aliphatic heterocycles. The molecule has 0 bridgehead atoms. The van der Waals surface area contributed by atoms with Gasteiger partial charge in [0, 0.05) is 18.2 Å². The van der Waals surface area contributed by atoms with E-state index in [4.69, 9.17) is 10.0 Å². The third-order valence-corrected chi connectivity index (χ3v) is 1.08. The molecule has 1 aromatic rings. The fourth-order valence-electron chi connectivity index (χ4n) is 0.718. The van der Waals surface area contributed by atoms with Gasteiger partial charge in [0.1, 0.15) is 17.4 Å². The maximum atomic E-state index is 12.4. The van der Waals surface area contributed by atoms with Gasteiger partial charge in [-0.15, -0.1) is 0 Å². The molecule has 0 saturated heterocycles. The molecule has 0 unspecified atom stereocenters. The van der Waals surface area contributed by atoms with Crippen molar-refractivity contribution in [1.29, 1.82) is 0 Å². The molecule has 0 saturated carbocycles. The molecule has 0 aliphatic rings. The predicted octanol–water partition coefficient (Wildman–Crippen LogP) is -0.335. The summed E-state index contributed by atoms with van der Waals surface area (Å²) in [6.07, 6.45) is 0. The Morgan fingerprint density at radius 2 is 1.54 bits per heavy atom. The Morgan fingerprint density at radius 3 is 1.92 bits per heavy atom. The minimum absolute atomic E-state index is 0. The quantitative estimate of drug-likeness (QED) is 0.662. The zero-order valence-corrected chi connectivity index (χ0v) is 5.87. The van der Waals surface area contributed by atoms with Crippen LogP contribution >= 0.6 is 0 Å². The van der Waals surface area contributed by atoms with Gasteiger partial charge in [0.2, 0.25) is 0 Å². The van der Waals surface area contributed by atoms with Crippen LogP contribution in [0.1, 0.15) is 0 Å². The molecule has 7 heteroatoms. The summed E-state index contributed by atoms with van der Waals surface area (Å²) in [6.45, 7) is 0. The number of hydrogen-bond acceptors (Lipinski definition) is 3. The zero-order valence-electron chi connectivity index (χ0n) is 5.87. The first kappa shape index (κ1) is 13.5.